The van der Waals surface area contributed by atoms with Crippen molar-refractivity contribution < 1.29 is 23.2 Å². The summed E-state index contributed by atoms with van der Waals surface area (Å²) in [6.07, 6.45) is 1.30. The van der Waals surface area contributed by atoms with Crippen molar-refractivity contribution in [2.24, 2.45) is 0 Å². The number of carbonyl (C=O) groups excluding carboxylic acids is 3. The average Bonchev–Trinajstić information content (AvgIpc) is 3.66. The summed E-state index contributed by atoms with van der Waals surface area (Å²) < 4.78 is 20.0. The summed E-state index contributed by atoms with van der Waals surface area (Å²) in [6.45, 7) is 2.02. The Morgan fingerprint density at radius 2 is 1.85 bits per heavy atom. The number of hydrogen-bond acceptors (Lipinski definition) is 6. The quantitative estimate of drug-likeness (QED) is 0.248. The van der Waals surface area contributed by atoms with Crippen LogP contribution >= 0.6 is 11.3 Å². The van der Waals surface area contributed by atoms with Crippen LogP contribution in [0.1, 0.15) is 28.1 Å². The van der Waals surface area contributed by atoms with E-state index >= 15 is 0 Å². The number of aromatic nitrogens is 1. The van der Waals surface area contributed by atoms with Gasteiger partial charge in [0, 0.05) is 11.1 Å². The number of amides is 3. The molecular formula is C30H22FN3O4S. The fourth-order valence-electron chi connectivity index (χ4n) is 4.69. The van der Waals surface area contributed by atoms with E-state index in [-0.39, 0.29) is 18.5 Å². The Morgan fingerprint density at radius 3 is 2.56 bits per heavy atom. The van der Waals surface area contributed by atoms with Gasteiger partial charge < -0.3 is 9.32 Å². The van der Waals surface area contributed by atoms with Gasteiger partial charge in [-0.2, -0.15) is 0 Å². The van der Waals surface area contributed by atoms with Gasteiger partial charge in [-0.05, 0) is 85.3 Å². The van der Waals surface area contributed by atoms with Crippen LogP contribution in [0.3, 0.4) is 0 Å². The largest absolute Gasteiger partial charge is 0.467 e. The highest BCUT2D eigenvalue weighted by atomic mass is 32.1. The predicted molar refractivity (Wildman–Crippen MR) is 146 cm³/mol. The summed E-state index contributed by atoms with van der Waals surface area (Å²) in [4.78, 5) is 47.2. The zero-order valence-electron chi connectivity index (χ0n) is 20.8. The van der Waals surface area contributed by atoms with Crippen molar-refractivity contribution in [3.8, 4) is 10.6 Å². The molecule has 9 heteroatoms. The highest BCUT2D eigenvalue weighted by molar-refractivity contribution is 7.21. The molecule has 0 aliphatic carbocycles. The second kappa shape index (κ2) is 9.92. The lowest BCUT2D eigenvalue weighted by Gasteiger charge is -2.27. The van der Waals surface area contributed by atoms with E-state index in [0.29, 0.717) is 11.4 Å². The standard InChI is InChI=1S/C30H22FN3O4S/c1-18-4-13-24-26(15-18)39-28(32-24)19-7-11-22(12-8-19)34-27(35)16-25(30(34)37)33(17-23-3-2-14-38-23)29(36)20-5-9-21(31)10-6-20/h2-15,25H,16-17H2,1H3. The van der Waals surface area contributed by atoms with E-state index in [1.165, 1.54) is 35.4 Å². The lowest BCUT2D eigenvalue weighted by Crippen LogP contribution is -2.45. The van der Waals surface area contributed by atoms with Crippen LogP contribution in [0, 0.1) is 12.7 Å². The molecule has 1 atom stereocenters. The molecule has 1 saturated heterocycles. The van der Waals surface area contributed by atoms with Crippen LogP contribution in [-0.4, -0.2) is 33.6 Å². The van der Waals surface area contributed by atoms with E-state index in [1.54, 1.807) is 35.6 Å². The summed E-state index contributed by atoms with van der Waals surface area (Å²) in [7, 11) is 0. The number of fused-ring (bicyclic) bond motifs is 1. The molecule has 2 aromatic heterocycles. The van der Waals surface area contributed by atoms with Gasteiger partial charge in [0.2, 0.25) is 5.91 Å². The summed E-state index contributed by atoms with van der Waals surface area (Å²) >= 11 is 1.58. The molecule has 6 rings (SSSR count). The molecule has 194 valence electrons. The first-order chi connectivity index (χ1) is 18.9. The van der Waals surface area contributed by atoms with Gasteiger partial charge in [0.1, 0.15) is 22.6 Å². The van der Waals surface area contributed by atoms with Crippen molar-refractivity contribution in [1.29, 1.82) is 0 Å². The summed E-state index contributed by atoms with van der Waals surface area (Å²) in [5.74, 6) is -1.44. The van der Waals surface area contributed by atoms with E-state index in [9.17, 15) is 18.8 Å². The number of furan rings is 1. The number of nitrogens with zero attached hydrogens (tertiary/aromatic N) is 3. The monoisotopic (exact) mass is 539 g/mol. The van der Waals surface area contributed by atoms with Crippen molar-refractivity contribution in [2.45, 2.75) is 25.9 Å². The number of hydrogen-bond donors (Lipinski definition) is 0. The molecule has 1 aliphatic heterocycles. The van der Waals surface area contributed by atoms with E-state index in [0.717, 1.165) is 31.3 Å². The maximum absolute atomic E-state index is 13.6. The molecule has 0 bridgehead atoms. The lowest BCUT2D eigenvalue weighted by atomic mass is 10.1. The molecule has 3 amide bonds. The molecule has 0 saturated carbocycles. The highest BCUT2D eigenvalue weighted by Gasteiger charge is 2.44. The Labute approximate surface area is 227 Å². The smallest absolute Gasteiger partial charge is 0.257 e. The lowest BCUT2D eigenvalue weighted by molar-refractivity contribution is -0.122. The number of imide groups is 1. The normalized spacial score (nSPS) is 15.3. The van der Waals surface area contributed by atoms with Crippen LogP contribution < -0.4 is 4.90 Å². The molecule has 1 aliphatic rings. The predicted octanol–water partition coefficient (Wildman–Crippen LogP) is 5.98. The van der Waals surface area contributed by atoms with Gasteiger partial charge >= 0.3 is 0 Å². The molecule has 5 aromatic rings. The first kappa shape index (κ1) is 24.7. The van der Waals surface area contributed by atoms with Crippen LogP contribution in [0.15, 0.2) is 89.5 Å². The zero-order valence-corrected chi connectivity index (χ0v) is 21.7. The summed E-state index contributed by atoms with van der Waals surface area (Å²) in [5.41, 5.74) is 3.57. The fraction of sp³-hybridized carbons (Fsp3) is 0.133. The second-order valence-corrected chi connectivity index (χ2v) is 10.4. The Morgan fingerprint density at radius 1 is 1.08 bits per heavy atom. The maximum atomic E-state index is 13.6. The Hall–Kier alpha value is -4.63. The minimum absolute atomic E-state index is 0.0171. The fourth-order valence-corrected chi connectivity index (χ4v) is 5.76. The van der Waals surface area contributed by atoms with Gasteiger partial charge in [-0.25, -0.2) is 14.3 Å². The third kappa shape index (κ3) is 4.72. The van der Waals surface area contributed by atoms with Gasteiger partial charge in [0.05, 0.1) is 35.1 Å². The number of rotatable bonds is 6. The number of benzene rings is 3. The summed E-state index contributed by atoms with van der Waals surface area (Å²) in [6, 6.07) is 20.6. The SMILES string of the molecule is Cc1ccc2nc(-c3ccc(N4C(=O)CC(N(Cc5ccco5)C(=O)c5ccc(F)cc5)C4=O)cc3)sc2c1. The molecular weight excluding hydrogens is 517 g/mol. The van der Waals surface area contributed by atoms with E-state index < -0.39 is 29.6 Å². The number of anilines is 1. The molecule has 1 fully saturated rings. The van der Waals surface area contributed by atoms with Crippen molar-refractivity contribution in [3.05, 3.63) is 108 Å². The number of aryl methyl sites for hydroxylation is 1. The minimum atomic E-state index is -1.03. The second-order valence-electron chi connectivity index (χ2n) is 9.34. The Kier molecular flexibility index (Phi) is 6.28. The minimum Gasteiger partial charge on any atom is -0.467 e. The van der Waals surface area contributed by atoms with Gasteiger partial charge in [0.15, 0.2) is 0 Å². The third-order valence-corrected chi connectivity index (χ3v) is 7.74. The van der Waals surface area contributed by atoms with Gasteiger partial charge in [-0.1, -0.05) is 6.07 Å². The van der Waals surface area contributed by atoms with E-state index in [2.05, 4.69) is 6.07 Å². The van der Waals surface area contributed by atoms with Crippen LogP contribution in [0.25, 0.3) is 20.8 Å². The molecule has 0 spiro atoms. The van der Waals surface area contributed by atoms with E-state index in [4.69, 9.17) is 9.40 Å². The maximum Gasteiger partial charge on any atom is 0.257 e. The Bertz CT molecular complexity index is 1690. The zero-order chi connectivity index (χ0) is 27.1. The average molecular weight is 540 g/mol. The van der Waals surface area contributed by atoms with Gasteiger partial charge in [0.25, 0.3) is 11.8 Å². The van der Waals surface area contributed by atoms with Crippen LogP contribution in [0.4, 0.5) is 10.1 Å². The van der Waals surface area contributed by atoms with Crippen molar-refractivity contribution >= 4 is 45.0 Å². The third-order valence-electron chi connectivity index (χ3n) is 6.67. The topological polar surface area (TPSA) is 83.7 Å². The first-order valence-electron chi connectivity index (χ1n) is 12.3. The molecule has 7 nitrogen and oxygen atoms in total. The van der Waals surface area contributed by atoms with Crippen molar-refractivity contribution in [1.82, 2.24) is 9.88 Å². The molecule has 3 aromatic carbocycles. The van der Waals surface area contributed by atoms with Crippen LogP contribution in [0.2, 0.25) is 0 Å². The number of halogens is 1. The molecule has 0 N–H and O–H groups in total. The van der Waals surface area contributed by atoms with E-state index in [1.807, 2.05) is 31.2 Å². The molecule has 0 radical (unpaired) electrons. The van der Waals surface area contributed by atoms with Gasteiger partial charge in [-0.15, -0.1) is 11.3 Å². The highest BCUT2D eigenvalue weighted by Crippen LogP contribution is 2.33. The Balaban J connectivity index is 1.27. The van der Waals surface area contributed by atoms with Crippen molar-refractivity contribution in [3.63, 3.8) is 0 Å². The van der Waals surface area contributed by atoms with Crippen LogP contribution in [-0.2, 0) is 16.1 Å². The van der Waals surface area contributed by atoms with Gasteiger partial charge in [-0.3, -0.25) is 14.4 Å². The number of thiazole rings is 1. The number of carbonyl (C=O) groups is 3. The molecule has 39 heavy (non-hydrogen) atoms. The van der Waals surface area contributed by atoms with Crippen molar-refractivity contribution in [2.75, 3.05) is 4.90 Å². The summed E-state index contributed by atoms with van der Waals surface area (Å²) in [5, 5.41) is 0.841. The first-order valence-corrected chi connectivity index (χ1v) is 13.1. The molecule has 3 heterocycles. The van der Waals surface area contributed by atoms with Crippen LogP contribution in [0.5, 0.6) is 0 Å². The molecule has 1 unspecified atom stereocenters.